The van der Waals surface area contributed by atoms with Crippen LogP contribution in [0.25, 0.3) is 0 Å². The summed E-state index contributed by atoms with van der Waals surface area (Å²) in [5, 5.41) is 3.57. The van der Waals surface area contributed by atoms with Crippen molar-refractivity contribution in [3.63, 3.8) is 0 Å². The molecule has 2 nitrogen and oxygen atoms in total. The van der Waals surface area contributed by atoms with Gasteiger partial charge < -0.3 is 0 Å². The van der Waals surface area contributed by atoms with Gasteiger partial charge >= 0.3 is 12.4 Å². The summed E-state index contributed by atoms with van der Waals surface area (Å²) in [6.45, 7) is 0. The van der Waals surface area contributed by atoms with Crippen molar-refractivity contribution in [2.24, 2.45) is 5.10 Å². The van der Waals surface area contributed by atoms with Crippen LogP contribution in [0.4, 0.5) is 32.0 Å². The van der Waals surface area contributed by atoms with Crippen molar-refractivity contribution in [3.8, 4) is 0 Å². The van der Waals surface area contributed by atoms with E-state index in [4.69, 9.17) is 0 Å². The summed E-state index contributed by atoms with van der Waals surface area (Å²) in [5.74, 6) is 0. The summed E-state index contributed by atoms with van der Waals surface area (Å²) in [6, 6.07) is 9.48. The van der Waals surface area contributed by atoms with Crippen molar-refractivity contribution in [2.45, 2.75) is 12.4 Å². The highest BCUT2D eigenvalue weighted by Crippen LogP contribution is 2.35. The number of hydrazone groups is 1. The first kappa shape index (κ1) is 16.9. The van der Waals surface area contributed by atoms with Crippen LogP contribution in [0, 0.1) is 0 Å². The Hall–Kier alpha value is -2.51. The van der Waals surface area contributed by atoms with Gasteiger partial charge in [-0.05, 0) is 30.3 Å². The number of hydrogen-bond donors (Lipinski definition) is 1. The smallest absolute Gasteiger partial charge is 0.279 e. The van der Waals surface area contributed by atoms with E-state index in [2.05, 4.69) is 10.5 Å². The quantitative estimate of drug-likeness (QED) is 0.468. The van der Waals surface area contributed by atoms with Gasteiger partial charge in [0.1, 0.15) is 0 Å². The summed E-state index contributed by atoms with van der Waals surface area (Å²) in [5.41, 5.74) is -0.0947. The molecule has 0 unspecified atom stereocenters. The molecule has 0 fully saturated rings. The Morgan fingerprint density at radius 1 is 0.826 bits per heavy atom. The average molecular weight is 332 g/mol. The fourth-order valence-corrected chi connectivity index (χ4v) is 1.79. The van der Waals surface area contributed by atoms with E-state index in [0.29, 0.717) is 30.1 Å². The molecular weight excluding hydrogens is 322 g/mol. The second-order valence-electron chi connectivity index (χ2n) is 4.53. The molecule has 1 N–H and O–H groups in total. The predicted octanol–water partition coefficient (Wildman–Crippen LogP) is 5.17. The fraction of sp³-hybridized carbons (Fsp3) is 0.133. The van der Waals surface area contributed by atoms with Gasteiger partial charge in [-0.1, -0.05) is 18.2 Å². The number of hydrogen-bond acceptors (Lipinski definition) is 2. The minimum absolute atomic E-state index is 0.394. The maximum absolute atomic E-state index is 12.9. The second-order valence-corrected chi connectivity index (χ2v) is 4.53. The molecule has 0 bridgehead atoms. The first-order valence-electron chi connectivity index (χ1n) is 6.30. The van der Waals surface area contributed by atoms with Gasteiger partial charge in [-0.25, -0.2) is 0 Å². The van der Waals surface area contributed by atoms with E-state index in [9.17, 15) is 26.3 Å². The van der Waals surface area contributed by atoms with Gasteiger partial charge in [-0.3, -0.25) is 5.43 Å². The Bertz CT molecular complexity index is 689. The van der Waals surface area contributed by atoms with Crippen LogP contribution >= 0.6 is 0 Å². The minimum Gasteiger partial charge on any atom is -0.279 e. The normalized spacial score (nSPS) is 12.6. The maximum Gasteiger partial charge on any atom is 0.417 e. The zero-order valence-corrected chi connectivity index (χ0v) is 11.4. The highest BCUT2D eigenvalue weighted by molar-refractivity contribution is 5.83. The number of para-hydroxylation sites is 1. The third-order valence-corrected chi connectivity index (χ3v) is 2.86. The van der Waals surface area contributed by atoms with Crippen molar-refractivity contribution in [2.75, 3.05) is 5.43 Å². The molecule has 0 heterocycles. The third kappa shape index (κ3) is 4.48. The van der Waals surface area contributed by atoms with Gasteiger partial charge in [-0.15, -0.1) is 0 Å². The lowest BCUT2D eigenvalue weighted by Gasteiger charge is -2.13. The molecule has 0 saturated heterocycles. The second kappa shape index (κ2) is 6.31. The Morgan fingerprint density at radius 2 is 1.48 bits per heavy atom. The van der Waals surface area contributed by atoms with E-state index in [1.54, 1.807) is 30.3 Å². The van der Waals surface area contributed by atoms with Crippen LogP contribution in [0.15, 0.2) is 53.6 Å². The molecule has 0 saturated carbocycles. The monoisotopic (exact) mass is 332 g/mol. The molecule has 0 aliphatic heterocycles. The largest absolute Gasteiger partial charge is 0.417 e. The van der Waals surface area contributed by atoms with Crippen molar-refractivity contribution in [1.82, 2.24) is 0 Å². The van der Waals surface area contributed by atoms with E-state index in [1.165, 1.54) is 0 Å². The molecule has 0 amide bonds. The average Bonchev–Trinajstić information content (AvgIpc) is 2.46. The summed E-state index contributed by atoms with van der Waals surface area (Å²) in [6.07, 6.45) is -8.80. The van der Waals surface area contributed by atoms with Gasteiger partial charge in [0.05, 0.1) is 23.0 Å². The summed E-state index contributed by atoms with van der Waals surface area (Å²) in [4.78, 5) is 0. The molecular formula is C15H10F6N2. The van der Waals surface area contributed by atoms with Crippen molar-refractivity contribution in [3.05, 3.63) is 65.2 Å². The third-order valence-electron chi connectivity index (χ3n) is 2.86. The topological polar surface area (TPSA) is 24.4 Å². The van der Waals surface area contributed by atoms with Crippen molar-refractivity contribution in [1.29, 1.82) is 0 Å². The van der Waals surface area contributed by atoms with E-state index >= 15 is 0 Å². The van der Waals surface area contributed by atoms with Crippen molar-refractivity contribution < 1.29 is 26.3 Å². The Morgan fingerprint density at radius 3 is 2.04 bits per heavy atom. The SMILES string of the molecule is FC(F)(F)c1ccc(C(F)(F)F)c(C=NNc2ccccc2)c1. The molecule has 2 aromatic rings. The molecule has 2 rings (SSSR count). The first-order valence-corrected chi connectivity index (χ1v) is 6.30. The van der Waals surface area contributed by atoms with Gasteiger partial charge in [0.15, 0.2) is 0 Å². The van der Waals surface area contributed by atoms with Crippen LogP contribution in [0.1, 0.15) is 16.7 Å². The number of nitrogens with one attached hydrogen (secondary N) is 1. The van der Waals surface area contributed by atoms with Crippen LogP contribution in [0.3, 0.4) is 0 Å². The van der Waals surface area contributed by atoms with Gasteiger partial charge in [0, 0.05) is 5.56 Å². The van der Waals surface area contributed by atoms with Gasteiger partial charge in [0.2, 0.25) is 0 Å². The molecule has 0 atom stereocenters. The van der Waals surface area contributed by atoms with Crippen LogP contribution in [-0.4, -0.2) is 6.21 Å². The van der Waals surface area contributed by atoms with Crippen molar-refractivity contribution >= 4 is 11.9 Å². The Kier molecular flexibility index (Phi) is 4.63. The molecule has 2 aromatic carbocycles. The van der Waals surface area contributed by atoms with E-state index < -0.39 is 29.0 Å². The zero-order valence-electron chi connectivity index (χ0n) is 11.4. The molecule has 122 valence electrons. The number of rotatable bonds is 3. The molecule has 0 aromatic heterocycles. The Labute approximate surface area is 127 Å². The number of halogens is 6. The zero-order chi connectivity index (χ0) is 17.1. The maximum atomic E-state index is 12.9. The van der Waals surface area contributed by atoms with Crippen LogP contribution < -0.4 is 5.43 Å². The minimum atomic E-state index is -4.78. The van der Waals surface area contributed by atoms with Crippen LogP contribution in [0.5, 0.6) is 0 Å². The van der Waals surface area contributed by atoms with E-state index in [0.717, 1.165) is 0 Å². The summed E-state index contributed by atoms with van der Waals surface area (Å²) in [7, 11) is 0. The molecule has 0 radical (unpaired) electrons. The molecule has 23 heavy (non-hydrogen) atoms. The lowest BCUT2D eigenvalue weighted by Crippen LogP contribution is -2.12. The Balaban J connectivity index is 2.34. The number of benzene rings is 2. The summed E-state index contributed by atoms with van der Waals surface area (Å²) >= 11 is 0. The van der Waals surface area contributed by atoms with E-state index in [1.807, 2.05) is 0 Å². The lowest BCUT2D eigenvalue weighted by atomic mass is 10.0. The molecule has 0 spiro atoms. The van der Waals surface area contributed by atoms with Gasteiger partial charge in [0.25, 0.3) is 0 Å². The highest BCUT2D eigenvalue weighted by atomic mass is 19.4. The standard InChI is InChI=1S/C15H10F6N2/c16-14(17,18)11-6-7-13(15(19,20)21)10(8-11)9-22-23-12-4-2-1-3-5-12/h1-9,23H. The fourth-order valence-electron chi connectivity index (χ4n) is 1.79. The number of anilines is 1. The predicted molar refractivity (Wildman–Crippen MR) is 74.1 cm³/mol. The molecule has 8 heteroatoms. The van der Waals surface area contributed by atoms with Crippen LogP contribution in [0.2, 0.25) is 0 Å². The highest BCUT2D eigenvalue weighted by Gasteiger charge is 2.36. The van der Waals surface area contributed by atoms with E-state index in [-0.39, 0.29) is 0 Å². The first-order chi connectivity index (χ1) is 10.7. The number of alkyl halides is 6. The number of nitrogens with zero attached hydrogens (tertiary/aromatic N) is 1. The molecule has 0 aliphatic carbocycles. The van der Waals surface area contributed by atoms with Gasteiger partial charge in [-0.2, -0.15) is 31.4 Å². The summed E-state index contributed by atoms with van der Waals surface area (Å²) < 4.78 is 76.5. The lowest BCUT2D eigenvalue weighted by molar-refractivity contribution is -0.141. The van der Waals surface area contributed by atoms with Crippen LogP contribution in [-0.2, 0) is 12.4 Å². The molecule has 0 aliphatic rings.